The fourth-order valence-electron chi connectivity index (χ4n) is 2.88. The molecule has 1 aliphatic rings. The van der Waals surface area contributed by atoms with Crippen molar-refractivity contribution in [3.8, 4) is 11.3 Å². The lowest BCUT2D eigenvalue weighted by atomic mass is 10.0. The molecule has 110 valence electrons. The molecule has 0 bridgehead atoms. The summed E-state index contributed by atoms with van der Waals surface area (Å²) in [4.78, 5) is 22.1. The van der Waals surface area contributed by atoms with Crippen LogP contribution in [0.2, 0.25) is 0 Å². The Morgan fingerprint density at radius 3 is 2.62 bits per heavy atom. The van der Waals surface area contributed by atoms with E-state index in [1.165, 1.54) is 6.42 Å². The summed E-state index contributed by atoms with van der Waals surface area (Å²) in [7, 11) is 0. The lowest BCUT2D eigenvalue weighted by Gasteiger charge is -2.27. The van der Waals surface area contributed by atoms with E-state index in [9.17, 15) is 4.79 Å². The molecular formula is C17H21N3O. The van der Waals surface area contributed by atoms with Gasteiger partial charge in [-0.25, -0.2) is 4.98 Å². The smallest absolute Gasteiger partial charge is 0.253 e. The summed E-state index contributed by atoms with van der Waals surface area (Å²) in [6.45, 7) is 5.75. The summed E-state index contributed by atoms with van der Waals surface area (Å²) in [5.74, 6) is 1.03. The third kappa shape index (κ3) is 2.84. The molecule has 0 aliphatic carbocycles. The van der Waals surface area contributed by atoms with Crippen LogP contribution >= 0.6 is 0 Å². The number of carbonyl (C=O) groups is 1. The summed E-state index contributed by atoms with van der Waals surface area (Å²) >= 11 is 0. The molecule has 4 heteroatoms. The number of likely N-dealkylation sites (tertiary alicyclic amines) is 1. The van der Waals surface area contributed by atoms with Gasteiger partial charge in [-0.05, 0) is 50.8 Å². The predicted molar refractivity (Wildman–Crippen MR) is 83.3 cm³/mol. The van der Waals surface area contributed by atoms with Crippen LogP contribution in [-0.4, -0.2) is 33.9 Å². The van der Waals surface area contributed by atoms with Crippen molar-refractivity contribution in [1.29, 1.82) is 0 Å². The predicted octanol–water partition coefficient (Wildman–Crippen LogP) is 3.32. The van der Waals surface area contributed by atoms with Crippen molar-refractivity contribution in [2.45, 2.75) is 33.1 Å². The van der Waals surface area contributed by atoms with Gasteiger partial charge in [0.1, 0.15) is 5.82 Å². The first kappa shape index (κ1) is 13.9. The normalized spacial score (nSPS) is 15.2. The third-order valence-electron chi connectivity index (χ3n) is 4.12. The first-order valence-electron chi connectivity index (χ1n) is 7.57. The van der Waals surface area contributed by atoms with Gasteiger partial charge < -0.3 is 9.88 Å². The van der Waals surface area contributed by atoms with Crippen molar-refractivity contribution >= 4 is 5.91 Å². The van der Waals surface area contributed by atoms with Crippen LogP contribution in [0.1, 0.15) is 41.0 Å². The van der Waals surface area contributed by atoms with E-state index in [1.54, 1.807) is 0 Å². The summed E-state index contributed by atoms with van der Waals surface area (Å²) in [5.41, 5.74) is 3.94. The molecule has 21 heavy (non-hydrogen) atoms. The van der Waals surface area contributed by atoms with Gasteiger partial charge in [0.25, 0.3) is 5.91 Å². The maximum Gasteiger partial charge on any atom is 0.253 e. The molecule has 1 aromatic heterocycles. The lowest BCUT2D eigenvalue weighted by Crippen LogP contribution is -2.35. The number of aromatic amines is 1. The quantitative estimate of drug-likeness (QED) is 0.919. The molecule has 3 rings (SSSR count). The van der Waals surface area contributed by atoms with E-state index in [-0.39, 0.29) is 5.91 Å². The Hall–Kier alpha value is -2.10. The average molecular weight is 283 g/mol. The Morgan fingerprint density at radius 2 is 1.95 bits per heavy atom. The Bertz CT molecular complexity index is 654. The highest BCUT2D eigenvalue weighted by molar-refractivity contribution is 5.95. The molecule has 2 heterocycles. The van der Waals surface area contributed by atoms with Gasteiger partial charge in [-0.1, -0.05) is 6.07 Å². The monoisotopic (exact) mass is 283 g/mol. The number of hydrogen-bond acceptors (Lipinski definition) is 2. The number of rotatable bonds is 2. The topological polar surface area (TPSA) is 49.0 Å². The molecule has 1 saturated heterocycles. The number of benzene rings is 1. The van der Waals surface area contributed by atoms with E-state index < -0.39 is 0 Å². The van der Waals surface area contributed by atoms with Gasteiger partial charge in [0.05, 0.1) is 11.9 Å². The standard InChI is InChI=1S/C17H21N3O/c1-12-6-7-14(17(21)20-8-4-3-5-9-20)10-15(12)16-11-18-13(2)19-16/h6-7,10-11H,3-5,8-9H2,1-2H3,(H,18,19). The van der Waals surface area contributed by atoms with Crippen LogP contribution in [0.5, 0.6) is 0 Å². The summed E-state index contributed by atoms with van der Waals surface area (Å²) in [6.07, 6.45) is 5.29. The van der Waals surface area contributed by atoms with E-state index in [4.69, 9.17) is 0 Å². The second-order valence-corrected chi connectivity index (χ2v) is 5.76. The number of hydrogen-bond donors (Lipinski definition) is 1. The van der Waals surface area contributed by atoms with Gasteiger partial charge in [0.2, 0.25) is 0 Å². The maximum absolute atomic E-state index is 12.6. The van der Waals surface area contributed by atoms with Crippen molar-refractivity contribution in [2.24, 2.45) is 0 Å². The Morgan fingerprint density at radius 1 is 1.19 bits per heavy atom. The van der Waals surface area contributed by atoms with Crippen LogP contribution in [0.25, 0.3) is 11.3 Å². The highest BCUT2D eigenvalue weighted by atomic mass is 16.2. The van der Waals surface area contributed by atoms with Gasteiger partial charge >= 0.3 is 0 Å². The Balaban J connectivity index is 1.91. The minimum absolute atomic E-state index is 0.146. The first-order valence-corrected chi connectivity index (χ1v) is 7.57. The van der Waals surface area contributed by atoms with E-state index in [0.29, 0.717) is 0 Å². The Labute approximate surface area is 125 Å². The highest BCUT2D eigenvalue weighted by Gasteiger charge is 2.19. The molecule has 1 aliphatic heterocycles. The SMILES string of the molecule is Cc1ncc(-c2cc(C(=O)N3CCCCC3)ccc2C)[nH]1. The van der Waals surface area contributed by atoms with Gasteiger partial charge in [-0.3, -0.25) is 4.79 Å². The van der Waals surface area contributed by atoms with Gasteiger partial charge in [-0.15, -0.1) is 0 Å². The number of aromatic nitrogens is 2. The lowest BCUT2D eigenvalue weighted by molar-refractivity contribution is 0.0724. The minimum atomic E-state index is 0.146. The molecule has 0 saturated carbocycles. The number of aryl methyl sites for hydroxylation is 2. The van der Waals surface area contributed by atoms with Gasteiger partial charge in [0, 0.05) is 24.2 Å². The largest absolute Gasteiger partial charge is 0.342 e. The van der Waals surface area contributed by atoms with Crippen LogP contribution in [0.3, 0.4) is 0 Å². The molecule has 0 radical (unpaired) electrons. The van der Waals surface area contributed by atoms with E-state index in [2.05, 4.69) is 16.9 Å². The number of nitrogens with one attached hydrogen (secondary N) is 1. The van der Waals surface area contributed by atoms with Crippen molar-refractivity contribution in [1.82, 2.24) is 14.9 Å². The zero-order valence-corrected chi connectivity index (χ0v) is 12.6. The number of imidazole rings is 1. The van der Waals surface area contributed by atoms with Crippen LogP contribution in [0.15, 0.2) is 24.4 Å². The van der Waals surface area contributed by atoms with Crippen LogP contribution in [-0.2, 0) is 0 Å². The molecule has 1 aromatic carbocycles. The number of piperidine rings is 1. The van der Waals surface area contributed by atoms with Gasteiger partial charge in [0.15, 0.2) is 0 Å². The zero-order valence-electron chi connectivity index (χ0n) is 12.6. The van der Waals surface area contributed by atoms with Gasteiger partial charge in [-0.2, -0.15) is 0 Å². The van der Waals surface area contributed by atoms with Crippen molar-refractivity contribution in [3.05, 3.63) is 41.3 Å². The highest BCUT2D eigenvalue weighted by Crippen LogP contribution is 2.24. The summed E-state index contributed by atoms with van der Waals surface area (Å²) in [5, 5.41) is 0. The van der Waals surface area contributed by atoms with Crippen LogP contribution in [0, 0.1) is 13.8 Å². The third-order valence-corrected chi connectivity index (χ3v) is 4.12. The summed E-state index contributed by atoms with van der Waals surface area (Å²) in [6, 6.07) is 5.93. The number of H-pyrrole nitrogens is 1. The van der Waals surface area contributed by atoms with Crippen molar-refractivity contribution in [2.75, 3.05) is 13.1 Å². The minimum Gasteiger partial charge on any atom is -0.342 e. The van der Waals surface area contributed by atoms with Crippen molar-refractivity contribution < 1.29 is 4.79 Å². The maximum atomic E-state index is 12.6. The molecule has 2 aromatic rings. The number of amides is 1. The number of carbonyl (C=O) groups excluding carboxylic acids is 1. The molecule has 1 amide bonds. The second kappa shape index (κ2) is 5.72. The molecule has 1 N–H and O–H groups in total. The van der Waals surface area contributed by atoms with E-state index in [1.807, 2.05) is 36.2 Å². The molecule has 4 nitrogen and oxygen atoms in total. The molecule has 0 spiro atoms. The fraction of sp³-hybridized carbons (Fsp3) is 0.412. The van der Waals surface area contributed by atoms with Crippen LogP contribution in [0.4, 0.5) is 0 Å². The second-order valence-electron chi connectivity index (χ2n) is 5.76. The zero-order chi connectivity index (χ0) is 14.8. The fourth-order valence-corrected chi connectivity index (χ4v) is 2.88. The number of nitrogens with zero attached hydrogens (tertiary/aromatic N) is 2. The first-order chi connectivity index (χ1) is 10.1. The molecule has 1 fully saturated rings. The van der Waals surface area contributed by atoms with E-state index >= 15 is 0 Å². The molecule has 0 unspecified atom stereocenters. The van der Waals surface area contributed by atoms with E-state index in [0.717, 1.165) is 54.1 Å². The average Bonchev–Trinajstić information content (AvgIpc) is 2.94. The van der Waals surface area contributed by atoms with Crippen molar-refractivity contribution in [3.63, 3.8) is 0 Å². The van der Waals surface area contributed by atoms with Crippen LogP contribution < -0.4 is 0 Å². The summed E-state index contributed by atoms with van der Waals surface area (Å²) < 4.78 is 0. The molecular weight excluding hydrogens is 262 g/mol. The Kier molecular flexibility index (Phi) is 3.78. The molecule has 0 atom stereocenters.